The maximum Gasteiger partial charge on any atom is 0.351 e. The van der Waals surface area contributed by atoms with Crippen molar-refractivity contribution in [3.63, 3.8) is 0 Å². The number of phenolic OH excluding ortho intramolecular Hbond substituents is 1. The Morgan fingerprint density at radius 3 is 2.14 bits per heavy atom. The van der Waals surface area contributed by atoms with E-state index >= 15 is 0 Å². The molecule has 6 nitrogen and oxygen atoms in total. The van der Waals surface area contributed by atoms with Crippen molar-refractivity contribution in [1.82, 2.24) is 0 Å². The number of nitrogens with two attached hydrogens (primary N) is 1. The second-order valence-corrected chi connectivity index (χ2v) is 6.89. The number of rotatable bonds is 9. The third-order valence-corrected chi connectivity index (χ3v) is 5.62. The molecule has 1 aromatic carbocycles. The van der Waals surface area contributed by atoms with Crippen molar-refractivity contribution < 1.29 is 18.7 Å². The zero-order valence-electron chi connectivity index (χ0n) is 13.8. The van der Waals surface area contributed by atoms with Gasteiger partial charge in [-0.15, -0.1) is 0 Å². The second kappa shape index (κ2) is 8.53. The summed E-state index contributed by atoms with van der Waals surface area (Å²) in [6, 6.07) is 5.16. The highest BCUT2D eigenvalue weighted by Gasteiger charge is 2.35. The monoisotopic (exact) mass is 330 g/mol. The number of aromatic hydroxyl groups is 1. The van der Waals surface area contributed by atoms with Crippen LogP contribution in [0.15, 0.2) is 18.2 Å². The minimum absolute atomic E-state index is 0.00321. The molecule has 7 heteroatoms. The fourth-order valence-electron chi connectivity index (χ4n) is 2.30. The van der Waals surface area contributed by atoms with Gasteiger partial charge in [0.15, 0.2) is 0 Å². The molecule has 0 aliphatic rings. The zero-order valence-corrected chi connectivity index (χ0v) is 14.7. The molecule has 0 aromatic heterocycles. The normalized spacial score (nSPS) is 13.1. The van der Waals surface area contributed by atoms with Gasteiger partial charge in [0.1, 0.15) is 11.5 Å². The van der Waals surface area contributed by atoms with Crippen molar-refractivity contribution in [2.24, 2.45) is 5.73 Å². The van der Waals surface area contributed by atoms with Gasteiger partial charge in [-0.05, 0) is 33.8 Å². The Labute approximate surface area is 132 Å². The fourth-order valence-corrected chi connectivity index (χ4v) is 3.97. The predicted octanol–water partition coefficient (Wildman–Crippen LogP) is 3.46. The highest BCUT2D eigenvalue weighted by atomic mass is 31.2. The van der Waals surface area contributed by atoms with Crippen molar-refractivity contribution >= 4 is 13.3 Å². The van der Waals surface area contributed by atoms with Crippen molar-refractivity contribution in [3.8, 4) is 5.75 Å². The van der Waals surface area contributed by atoms with Gasteiger partial charge in [-0.2, -0.15) is 0 Å². The average molecular weight is 330 g/mol. The fraction of sp³-hybridized carbons (Fsp3) is 0.600. The van der Waals surface area contributed by atoms with Gasteiger partial charge in [0.2, 0.25) is 0 Å². The highest BCUT2D eigenvalue weighted by molar-refractivity contribution is 7.54. The molecule has 0 radical (unpaired) electrons. The second-order valence-electron chi connectivity index (χ2n) is 4.74. The van der Waals surface area contributed by atoms with E-state index in [2.05, 4.69) is 4.90 Å². The summed E-state index contributed by atoms with van der Waals surface area (Å²) in [5.74, 6) is -1.02. The average Bonchev–Trinajstić information content (AvgIpc) is 2.48. The summed E-state index contributed by atoms with van der Waals surface area (Å²) in [4.78, 5) is 2.10. The van der Waals surface area contributed by atoms with Gasteiger partial charge in [0.05, 0.1) is 13.2 Å². The van der Waals surface area contributed by atoms with Crippen LogP contribution < -0.4 is 10.6 Å². The molecular weight excluding hydrogens is 303 g/mol. The molecule has 1 rings (SSSR count). The van der Waals surface area contributed by atoms with E-state index in [0.29, 0.717) is 5.56 Å². The largest absolute Gasteiger partial charge is 0.508 e. The van der Waals surface area contributed by atoms with Gasteiger partial charge in [0.25, 0.3) is 0 Å². The number of phenols is 1. The smallest absolute Gasteiger partial charge is 0.351 e. The number of nitrogens with zero attached hydrogens (tertiary/aromatic N) is 1. The first-order valence-electron chi connectivity index (χ1n) is 7.65. The first kappa shape index (κ1) is 19.0. The summed E-state index contributed by atoms with van der Waals surface area (Å²) in [5, 5.41) is 10.3. The first-order valence-corrected chi connectivity index (χ1v) is 9.26. The van der Waals surface area contributed by atoms with Crippen molar-refractivity contribution in [2.45, 2.75) is 33.5 Å². The minimum Gasteiger partial charge on any atom is -0.508 e. The Kier molecular flexibility index (Phi) is 7.36. The van der Waals surface area contributed by atoms with Crippen LogP contribution in [0.25, 0.3) is 0 Å². The predicted molar refractivity (Wildman–Crippen MR) is 89.5 cm³/mol. The summed E-state index contributed by atoms with van der Waals surface area (Å²) in [6.45, 7) is 9.64. The Morgan fingerprint density at radius 1 is 1.18 bits per heavy atom. The van der Waals surface area contributed by atoms with Gasteiger partial charge in [-0.3, -0.25) is 4.57 Å². The number of benzene rings is 1. The lowest BCUT2D eigenvalue weighted by molar-refractivity contribution is 0.212. The lowest BCUT2D eigenvalue weighted by Gasteiger charge is -2.25. The summed E-state index contributed by atoms with van der Waals surface area (Å²) in [5.41, 5.74) is 7.30. The molecular formula is C15H27N2O4P. The molecule has 0 heterocycles. The topological polar surface area (TPSA) is 85.0 Å². The molecule has 1 aromatic rings. The van der Waals surface area contributed by atoms with Crippen LogP contribution in [0.3, 0.4) is 0 Å². The van der Waals surface area contributed by atoms with Crippen LogP contribution in [0.4, 0.5) is 5.69 Å². The van der Waals surface area contributed by atoms with Crippen molar-refractivity contribution in [3.05, 3.63) is 23.8 Å². The summed E-state index contributed by atoms with van der Waals surface area (Å²) >= 11 is 0. The summed E-state index contributed by atoms with van der Waals surface area (Å²) < 4.78 is 23.2. The SMILES string of the molecule is CCOP(=O)(OCC)[C@@H](N)c1ccc(N(CC)CC)cc1O. The van der Waals surface area contributed by atoms with Crippen LogP contribution in [0, 0.1) is 0 Å². The van der Waals surface area contributed by atoms with E-state index in [-0.39, 0.29) is 19.0 Å². The van der Waals surface area contributed by atoms with Gasteiger partial charge in [-0.1, -0.05) is 6.07 Å². The molecule has 0 saturated carbocycles. The molecule has 0 unspecified atom stereocenters. The minimum atomic E-state index is -3.51. The summed E-state index contributed by atoms with van der Waals surface area (Å²) in [6.07, 6.45) is 0. The van der Waals surface area contributed by atoms with Crippen LogP contribution in [0.5, 0.6) is 5.75 Å². The molecule has 3 N–H and O–H groups in total. The van der Waals surface area contributed by atoms with Crippen LogP contribution >= 0.6 is 7.60 Å². The van der Waals surface area contributed by atoms with E-state index in [1.165, 1.54) is 0 Å². The van der Waals surface area contributed by atoms with Gasteiger partial charge >= 0.3 is 7.60 Å². The van der Waals surface area contributed by atoms with Crippen LogP contribution in [-0.4, -0.2) is 31.4 Å². The lowest BCUT2D eigenvalue weighted by Crippen LogP contribution is -2.22. The summed E-state index contributed by atoms with van der Waals surface area (Å²) in [7, 11) is -3.51. The van der Waals surface area contributed by atoms with Crippen LogP contribution in [0.1, 0.15) is 39.0 Å². The molecule has 0 fully saturated rings. The Hall–Kier alpha value is -1.07. The standard InChI is InChI=1S/C15H27N2O4P/c1-5-17(6-2)12-9-10-13(14(18)11-12)15(16)22(19,20-7-3)21-8-4/h9-11,15,18H,5-8,16H2,1-4H3/t15-/m1/s1. The molecule has 0 spiro atoms. The number of anilines is 1. The van der Waals surface area contributed by atoms with Crippen molar-refractivity contribution in [1.29, 1.82) is 0 Å². The quantitative estimate of drug-likeness (QED) is 0.675. The molecule has 0 aliphatic carbocycles. The molecule has 0 aliphatic heterocycles. The zero-order chi connectivity index (χ0) is 16.8. The van der Waals surface area contributed by atoms with Gasteiger partial charge in [0, 0.05) is 30.4 Å². The van der Waals surface area contributed by atoms with E-state index in [1.54, 1.807) is 26.0 Å². The maximum atomic E-state index is 12.7. The van der Waals surface area contributed by atoms with Crippen molar-refractivity contribution in [2.75, 3.05) is 31.2 Å². The Balaban J connectivity index is 3.12. The first-order chi connectivity index (χ1) is 10.4. The third kappa shape index (κ3) is 4.23. The van der Waals surface area contributed by atoms with E-state index in [9.17, 15) is 9.67 Å². The molecule has 1 atom stereocenters. The van der Waals surface area contributed by atoms with Crippen LogP contribution in [0.2, 0.25) is 0 Å². The Morgan fingerprint density at radius 2 is 1.73 bits per heavy atom. The molecule has 22 heavy (non-hydrogen) atoms. The molecule has 0 saturated heterocycles. The van der Waals surface area contributed by atoms with E-state index in [1.807, 2.05) is 19.9 Å². The van der Waals surface area contributed by atoms with Gasteiger partial charge < -0.3 is 24.8 Å². The van der Waals surface area contributed by atoms with E-state index < -0.39 is 13.4 Å². The maximum absolute atomic E-state index is 12.7. The lowest BCUT2D eigenvalue weighted by atomic mass is 10.1. The molecule has 0 bridgehead atoms. The Bertz CT molecular complexity index is 510. The molecule has 126 valence electrons. The van der Waals surface area contributed by atoms with Gasteiger partial charge in [-0.25, -0.2) is 0 Å². The van der Waals surface area contributed by atoms with Crippen LogP contribution in [-0.2, 0) is 13.6 Å². The third-order valence-electron chi connectivity index (χ3n) is 3.42. The highest BCUT2D eigenvalue weighted by Crippen LogP contribution is 2.59. The molecule has 0 amide bonds. The van der Waals surface area contributed by atoms with E-state index in [4.69, 9.17) is 14.8 Å². The number of hydrogen-bond acceptors (Lipinski definition) is 6. The number of hydrogen-bond donors (Lipinski definition) is 2. The van der Waals surface area contributed by atoms with E-state index in [0.717, 1.165) is 18.8 Å².